The Hall–Kier alpha value is 0.210. The Labute approximate surface area is 118 Å². The maximum absolute atomic E-state index is 5.70. The van der Waals surface area contributed by atoms with Crippen molar-refractivity contribution in [2.24, 2.45) is 0 Å². The highest BCUT2D eigenvalue weighted by Gasteiger charge is 2.07. The lowest BCUT2D eigenvalue weighted by molar-refractivity contribution is -0.146. The summed E-state index contributed by atoms with van der Waals surface area (Å²) in [5, 5.41) is 0. The van der Waals surface area contributed by atoms with Gasteiger partial charge >= 0.3 is 0 Å². The summed E-state index contributed by atoms with van der Waals surface area (Å²) in [6.45, 7) is 5.88. The van der Waals surface area contributed by atoms with Gasteiger partial charge in [0.25, 0.3) is 0 Å². The average Bonchev–Trinajstić information content (AvgIpc) is 2.40. The SMILES string of the molecule is CCCOC(CCCCCCCCCl)OCCC. The third-order valence-corrected chi connectivity index (χ3v) is 3.11. The first-order valence-electron chi connectivity index (χ1n) is 7.64. The normalized spacial score (nSPS) is 11.3. The number of hydrogen-bond acceptors (Lipinski definition) is 2. The van der Waals surface area contributed by atoms with Crippen molar-refractivity contribution in [3.05, 3.63) is 0 Å². The Morgan fingerprint density at radius 1 is 0.778 bits per heavy atom. The fourth-order valence-electron chi connectivity index (χ4n) is 1.83. The first-order chi connectivity index (χ1) is 8.85. The van der Waals surface area contributed by atoms with Crippen molar-refractivity contribution in [2.75, 3.05) is 19.1 Å². The minimum absolute atomic E-state index is 0.0211. The molecule has 0 fully saturated rings. The summed E-state index contributed by atoms with van der Waals surface area (Å²) in [5.74, 6) is 0.803. The van der Waals surface area contributed by atoms with E-state index in [2.05, 4.69) is 13.8 Å². The van der Waals surface area contributed by atoms with Crippen molar-refractivity contribution >= 4 is 11.6 Å². The van der Waals surface area contributed by atoms with Gasteiger partial charge in [0.2, 0.25) is 0 Å². The minimum atomic E-state index is 0.0211. The van der Waals surface area contributed by atoms with Gasteiger partial charge in [0.05, 0.1) is 0 Å². The van der Waals surface area contributed by atoms with Crippen molar-refractivity contribution in [2.45, 2.75) is 77.9 Å². The number of alkyl halides is 1. The van der Waals surface area contributed by atoms with Crippen LogP contribution in [0.1, 0.15) is 71.6 Å². The second-order valence-electron chi connectivity index (χ2n) is 4.77. The molecule has 0 atom stereocenters. The van der Waals surface area contributed by atoms with Gasteiger partial charge in [-0.05, 0) is 32.1 Å². The smallest absolute Gasteiger partial charge is 0.157 e. The third-order valence-electron chi connectivity index (χ3n) is 2.84. The second-order valence-corrected chi connectivity index (χ2v) is 5.15. The van der Waals surface area contributed by atoms with E-state index in [9.17, 15) is 0 Å². The Kier molecular flexibility index (Phi) is 15.4. The monoisotopic (exact) mass is 278 g/mol. The highest BCUT2D eigenvalue weighted by molar-refractivity contribution is 6.17. The first-order valence-corrected chi connectivity index (χ1v) is 8.17. The fraction of sp³-hybridized carbons (Fsp3) is 1.00. The lowest BCUT2D eigenvalue weighted by atomic mass is 10.1. The minimum Gasteiger partial charge on any atom is -0.353 e. The molecule has 0 saturated heterocycles. The van der Waals surface area contributed by atoms with E-state index >= 15 is 0 Å². The van der Waals surface area contributed by atoms with E-state index in [1.54, 1.807) is 0 Å². The van der Waals surface area contributed by atoms with E-state index < -0.39 is 0 Å². The van der Waals surface area contributed by atoms with Crippen molar-refractivity contribution < 1.29 is 9.47 Å². The zero-order valence-electron chi connectivity index (χ0n) is 12.3. The number of hydrogen-bond donors (Lipinski definition) is 0. The Bertz CT molecular complexity index is 145. The Balaban J connectivity index is 3.43. The molecule has 0 amide bonds. The molecule has 0 aliphatic carbocycles. The van der Waals surface area contributed by atoms with Crippen LogP contribution in [0.15, 0.2) is 0 Å². The van der Waals surface area contributed by atoms with Gasteiger partial charge in [-0.15, -0.1) is 11.6 Å². The maximum atomic E-state index is 5.70. The van der Waals surface area contributed by atoms with Crippen molar-refractivity contribution in [3.8, 4) is 0 Å². The van der Waals surface area contributed by atoms with Crippen molar-refractivity contribution in [1.82, 2.24) is 0 Å². The van der Waals surface area contributed by atoms with Crippen molar-refractivity contribution in [3.63, 3.8) is 0 Å². The topological polar surface area (TPSA) is 18.5 Å². The van der Waals surface area contributed by atoms with Crippen LogP contribution in [0, 0.1) is 0 Å². The number of halogens is 1. The molecular formula is C15H31ClO2. The maximum Gasteiger partial charge on any atom is 0.157 e. The fourth-order valence-corrected chi connectivity index (χ4v) is 2.01. The van der Waals surface area contributed by atoms with Gasteiger partial charge in [0.1, 0.15) is 0 Å². The summed E-state index contributed by atoms with van der Waals surface area (Å²) in [7, 11) is 0. The van der Waals surface area contributed by atoms with Gasteiger partial charge in [0.15, 0.2) is 6.29 Å². The van der Waals surface area contributed by atoms with Gasteiger partial charge in [-0.3, -0.25) is 0 Å². The van der Waals surface area contributed by atoms with E-state index in [0.717, 1.165) is 44.8 Å². The third kappa shape index (κ3) is 12.7. The van der Waals surface area contributed by atoms with E-state index in [4.69, 9.17) is 21.1 Å². The largest absolute Gasteiger partial charge is 0.353 e. The Morgan fingerprint density at radius 3 is 1.78 bits per heavy atom. The van der Waals surface area contributed by atoms with Crippen LogP contribution in [0.25, 0.3) is 0 Å². The van der Waals surface area contributed by atoms with E-state index in [1.165, 1.54) is 32.1 Å². The lowest BCUT2D eigenvalue weighted by Gasteiger charge is -2.18. The molecule has 0 unspecified atom stereocenters. The number of unbranched alkanes of at least 4 members (excludes halogenated alkanes) is 5. The van der Waals surface area contributed by atoms with Crippen LogP contribution in [0.3, 0.4) is 0 Å². The zero-order valence-corrected chi connectivity index (χ0v) is 13.0. The summed E-state index contributed by atoms with van der Waals surface area (Å²) in [5.41, 5.74) is 0. The average molecular weight is 279 g/mol. The molecule has 0 aromatic rings. The molecule has 18 heavy (non-hydrogen) atoms. The molecule has 0 aliphatic heterocycles. The lowest BCUT2D eigenvalue weighted by Crippen LogP contribution is -2.18. The highest BCUT2D eigenvalue weighted by Crippen LogP contribution is 2.12. The number of ether oxygens (including phenoxy) is 2. The van der Waals surface area contributed by atoms with Gasteiger partial charge in [0, 0.05) is 19.1 Å². The van der Waals surface area contributed by atoms with Crippen LogP contribution in [-0.4, -0.2) is 25.4 Å². The molecule has 0 aromatic heterocycles. The molecule has 0 radical (unpaired) electrons. The van der Waals surface area contributed by atoms with Crippen LogP contribution in [0.5, 0.6) is 0 Å². The molecule has 3 heteroatoms. The highest BCUT2D eigenvalue weighted by atomic mass is 35.5. The standard InChI is InChI=1S/C15H31ClO2/c1-3-13-17-15(18-14-4-2)11-9-7-5-6-8-10-12-16/h15H,3-14H2,1-2H3. The van der Waals surface area contributed by atoms with Crippen LogP contribution in [0.4, 0.5) is 0 Å². The summed E-state index contributed by atoms with van der Waals surface area (Å²) < 4.78 is 11.4. The quantitative estimate of drug-likeness (QED) is 0.249. The number of rotatable bonds is 14. The van der Waals surface area contributed by atoms with Gasteiger partial charge < -0.3 is 9.47 Å². The molecule has 0 aliphatic rings. The van der Waals surface area contributed by atoms with E-state index in [0.29, 0.717) is 0 Å². The van der Waals surface area contributed by atoms with Crippen molar-refractivity contribution in [1.29, 1.82) is 0 Å². The summed E-state index contributed by atoms with van der Waals surface area (Å²) in [6.07, 6.45) is 10.7. The molecule has 110 valence electrons. The van der Waals surface area contributed by atoms with E-state index in [1.807, 2.05) is 0 Å². The van der Waals surface area contributed by atoms with Gasteiger partial charge in [-0.1, -0.05) is 39.5 Å². The molecule has 2 nitrogen and oxygen atoms in total. The predicted octanol–water partition coefficient (Wildman–Crippen LogP) is 5.14. The summed E-state index contributed by atoms with van der Waals surface area (Å²) in [6, 6.07) is 0. The molecular weight excluding hydrogens is 248 g/mol. The van der Waals surface area contributed by atoms with E-state index in [-0.39, 0.29) is 6.29 Å². The molecule has 0 bridgehead atoms. The van der Waals surface area contributed by atoms with Gasteiger partial charge in [-0.25, -0.2) is 0 Å². The molecule has 0 aromatic carbocycles. The first kappa shape index (κ1) is 18.2. The second kappa shape index (κ2) is 15.3. The summed E-state index contributed by atoms with van der Waals surface area (Å²) in [4.78, 5) is 0. The van der Waals surface area contributed by atoms with Crippen LogP contribution in [0.2, 0.25) is 0 Å². The summed E-state index contributed by atoms with van der Waals surface area (Å²) >= 11 is 5.65. The molecule has 0 rings (SSSR count). The predicted molar refractivity (Wildman–Crippen MR) is 79.3 cm³/mol. The molecule has 0 heterocycles. The van der Waals surface area contributed by atoms with Crippen LogP contribution < -0.4 is 0 Å². The molecule has 0 spiro atoms. The van der Waals surface area contributed by atoms with Crippen LogP contribution >= 0.6 is 11.6 Å². The Morgan fingerprint density at radius 2 is 1.28 bits per heavy atom. The van der Waals surface area contributed by atoms with Crippen LogP contribution in [-0.2, 0) is 9.47 Å². The van der Waals surface area contributed by atoms with Gasteiger partial charge in [-0.2, -0.15) is 0 Å². The molecule has 0 N–H and O–H groups in total. The molecule has 0 saturated carbocycles. The zero-order chi connectivity index (χ0) is 13.5.